The van der Waals surface area contributed by atoms with E-state index in [2.05, 4.69) is 31.7 Å². The third kappa shape index (κ3) is 6.18. The smallest absolute Gasteiger partial charge is 0.227 e. The first kappa shape index (κ1) is 23.0. The van der Waals surface area contributed by atoms with E-state index in [1.54, 1.807) is 0 Å². The molecule has 1 heterocycles. The zero-order valence-electron chi connectivity index (χ0n) is 19.4. The SMILES string of the molecule is CC[C@H](O)CN(Cc1c(C)nn(-c2ccccc2)c1Oc1cccc(C)c1)CC(C)C. The van der Waals surface area contributed by atoms with Gasteiger partial charge in [-0.05, 0) is 56.0 Å². The number of benzene rings is 2. The number of hydrogen-bond donors (Lipinski definition) is 1. The van der Waals surface area contributed by atoms with Gasteiger partial charge in [0.2, 0.25) is 5.88 Å². The van der Waals surface area contributed by atoms with E-state index in [9.17, 15) is 5.11 Å². The quantitative estimate of drug-likeness (QED) is 0.469. The van der Waals surface area contributed by atoms with Crippen LogP contribution in [0.5, 0.6) is 11.6 Å². The lowest BCUT2D eigenvalue weighted by Crippen LogP contribution is -2.34. The van der Waals surface area contributed by atoms with Crippen LogP contribution in [0.4, 0.5) is 0 Å². The molecule has 3 aromatic rings. The molecule has 0 aliphatic rings. The lowest BCUT2D eigenvalue weighted by molar-refractivity contribution is 0.0980. The van der Waals surface area contributed by atoms with Crippen molar-refractivity contribution in [2.75, 3.05) is 13.1 Å². The molecule has 0 aliphatic carbocycles. The van der Waals surface area contributed by atoms with Gasteiger partial charge in [0.1, 0.15) is 5.75 Å². The first-order valence-corrected chi connectivity index (χ1v) is 11.2. The molecule has 1 atom stereocenters. The molecule has 0 spiro atoms. The second-order valence-electron chi connectivity index (χ2n) is 8.69. The molecular formula is C26H35N3O2. The zero-order chi connectivity index (χ0) is 22.4. The molecule has 0 unspecified atom stereocenters. The molecule has 31 heavy (non-hydrogen) atoms. The Morgan fingerprint density at radius 3 is 2.42 bits per heavy atom. The van der Waals surface area contributed by atoms with E-state index in [1.165, 1.54) is 0 Å². The highest BCUT2D eigenvalue weighted by Crippen LogP contribution is 2.32. The van der Waals surface area contributed by atoms with Crippen molar-refractivity contribution in [2.24, 2.45) is 5.92 Å². The molecule has 0 saturated carbocycles. The van der Waals surface area contributed by atoms with Gasteiger partial charge < -0.3 is 9.84 Å². The number of para-hydroxylation sites is 1. The van der Waals surface area contributed by atoms with Gasteiger partial charge in [-0.2, -0.15) is 5.10 Å². The summed E-state index contributed by atoms with van der Waals surface area (Å²) in [6.07, 6.45) is 0.396. The number of aryl methyl sites for hydroxylation is 2. The Morgan fingerprint density at radius 2 is 1.77 bits per heavy atom. The number of aromatic nitrogens is 2. The van der Waals surface area contributed by atoms with E-state index in [4.69, 9.17) is 9.84 Å². The van der Waals surface area contributed by atoms with Gasteiger partial charge in [0.05, 0.1) is 23.0 Å². The van der Waals surface area contributed by atoms with Crippen LogP contribution in [0.3, 0.4) is 0 Å². The minimum Gasteiger partial charge on any atom is -0.439 e. The van der Waals surface area contributed by atoms with Gasteiger partial charge in [-0.25, -0.2) is 4.68 Å². The van der Waals surface area contributed by atoms with Crippen molar-refractivity contribution in [3.63, 3.8) is 0 Å². The van der Waals surface area contributed by atoms with E-state index < -0.39 is 0 Å². The Bertz CT molecular complexity index is 966. The monoisotopic (exact) mass is 421 g/mol. The number of nitrogens with zero attached hydrogens (tertiary/aromatic N) is 3. The van der Waals surface area contributed by atoms with Gasteiger partial charge in [-0.15, -0.1) is 0 Å². The summed E-state index contributed by atoms with van der Waals surface area (Å²) in [4.78, 5) is 2.31. The van der Waals surface area contributed by atoms with Crippen LogP contribution in [-0.4, -0.2) is 39.0 Å². The van der Waals surface area contributed by atoms with Crippen LogP contribution in [0.15, 0.2) is 54.6 Å². The fourth-order valence-electron chi connectivity index (χ4n) is 3.73. The average Bonchev–Trinajstić information content (AvgIpc) is 3.03. The topological polar surface area (TPSA) is 50.5 Å². The number of ether oxygens (including phenoxy) is 1. The molecule has 0 aliphatic heterocycles. The predicted molar refractivity (Wildman–Crippen MR) is 126 cm³/mol. The third-order valence-electron chi connectivity index (χ3n) is 5.29. The number of aliphatic hydroxyl groups is 1. The van der Waals surface area contributed by atoms with Crippen molar-refractivity contribution in [2.45, 2.75) is 53.7 Å². The van der Waals surface area contributed by atoms with Gasteiger partial charge in [0, 0.05) is 19.6 Å². The summed E-state index contributed by atoms with van der Waals surface area (Å²) in [7, 11) is 0. The molecule has 2 aromatic carbocycles. The predicted octanol–water partition coefficient (Wildman–Crippen LogP) is 5.51. The van der Waals surface area contributed by atoms with Crippen molar-refractivity contribution in [3.8, 4) is 17.3 Å². The summed E-state index contributed by atoms with van der Waals surface area (Å²) in [5, 5.41) is 15.1. The number of aliphatic hydroxyl groups excluding tert-OH is 1. The number of rotatable bonds is 10. The fourth-order valence-corrected chi connectivity index (χ4v) is 3.73. The van der Waals surface area contributed by atoms with Gasteiger partial charge >= 0.3 is 0 Å². The van der Waals surface area contributed by atoms with Crippen molar-refractivity contribution >= 4 is 0 Å². The lowest BCUT2D eigenvalue weighted by Gasteiger charge is -2.26. The molecule has 166 valence electrons. The second kappa shape index (κ2) is 10.6. The van der Waals surface area contributed by atoms with Crippen LogP contribution in [0.25, 0.3) is 5.69 Å². The minimum absolute atomic E-state index is 0.343. The van der Waals surface area contributed by atoms with Crippen molar-refractivity contribution < 1.29 is 9.84 Å². The summed E-state index contributed by atoms with van der Waals surface area (Å²) in [5.74, 6) is 2.02. The van der Waals surface area contributed by atoms with E-state index >= 15 is 0 Å². The Balaban J connectivity index is 2.02. The maximum atomic E-state index is 10.3. The first-order valence-electron chi connectivity index (χ1n) is 11.2. The Kier molecular flexibility index (Phi) is 7.88. The van der Waals surface area contributed by atoms with Gasteiger partial charge in [0.25, 0.3) is 0 Å². The highest BCUT2D eigenvalue weighted by atomic mass is 16.5. The molecule has 0 saturated heterocycles. The Hall–Kier alpha value is -2.63. The summed E-state index contributed by atoms with van der Waals surface area (Å²) < 4.78 is 8.33. The van der Waals surface area contributed by atoms with E-state index in [-0.39, 0.29) is 6.10 Å². The highest BCUT2D eigenvalue weighted by Gasteiger charge is 2.22. The zero-order valence-corrected chi connectivity index (χ0v) is 19.4. The normalized spacial score (nSPS) is 12.5. The van der Waals surface area contributed by atoms with Crippen molar-refractivity contribution in [1.82, 2.24) is 14.7 Å². The fraction of sp³-hybridized carbons (Fsp3) is 0.423. The Labute approximate surface area is 186 Å². The maximum absolute atomic E-state index is 10.3. The standard InChI is InChI=1S/C26H35N3O2/c1-6-23(30)17-28(16-19(2)3)18-25-21(5)27-29(22-12-8-7-9-13-22)26(25)31-24-14-10-11-20(4)15-24/h7-15,19,23,30H,6,16-18H2,1-5H3/t23-/m0/s1. The Morgan fingerprint density at radius 1 is 1.03 bits per heavy atom. The first-order chi connectivity index (χ1) is 14.9. The summed E-state index contributed by atoms with van der Waals surface area (Å²) in [6.45, 7) is 12.7. The minimum atomic E-state index is -0.343. The van der Waals surface area contributed by atoms with Crippen LogP contribution in [0.1, 0.15) is 44.0 Å². The van der Waals surface area contributed by atoms with E-state index in [0.717, 1.165) is 47.1 Å². The molecule has 0 bridgehead atoms. The molecule has 0 radical (unpaired) electrons. The largest absolute Gasteiger partial charge is 0.439 e. The van der Waals surface area contributed by atoms with Crippen molar-refractivity contribution in [3.05, 3.63) is 71.4 Å². The van der Waals surface area contributed by atoms with E-state index in [0.29, 0.717) is 19.0 Å². The van der Waals surface area contributed by atoms with Crippen molar-refractivity contribution in [1.29, 1.82) is 0 Å². The van der Waals surface area contributed by atoms with Crippen LogP contribution in [0.2, 0.25) is 0 Å². The van der Waals surface area contributed by atoms with Crippen LogP contribution in [0, 0.1) is 19.8 Å². The van der Waals surface area contributed by atoms with Gasteiger partial charge in [0.15, 0.2) is 0 Å². The van der Waals surface area contributed by atoms with Gasteiger partial charge in [-0.1, -0.05) is 51.1 Å². The highest BCUT2D eigenvalue weighted by molar-refractivity contribution is 5.43. The molecule has 5 heteroatoms. The summed E-state index contributed by atoms with van der Waals surface area (Å²) >= 11 is 0. The van der Waals surface area contributed by atoms with Crippen LogP contribution >= 0.6 is 0 Å². The summed E-state index contributed by atoms with van der Waals surface area (Å²) in [6, 6.07) is 18.1. The molecular weight excluding hydrogens is 386 g/mol. The molecule has 5 nitrogen and oxygen atoms in total. The third-order valence-corrected chi connectivity index (χ3v) is 5.29. The lowest BCUT2D eigenvalue weighted by atomic mass is 10.1. The van der Waals surface area contributed by atoms with Gasteiger partial charge in [-0.3, -0.25) is 4.90 Å². The van der Waals surface area contributed by atoms with Crippen LogP contribution < -0.4 is 4.74 Å². The molecule has 3 rings (SSSR count). The number of hydrogen-bond acceptors (Lipinski definition) is 4. The average molecular weight is 422 g/mol. The molecule has 1 N–H and O–H groups in total. The molecule has 0 fully saturated rings. The van der Waals surface area contributed by atoms with E-state index in [1.807, 2.05) is 67.1 Å². The summed E-state index contributed by atoms with van der Waals surface area (Å²) in [5.41, 5.74) is 4.10. The van der Waals surface area contributed by atoms with Crippen LogP contribution in [-0.2, 0) is 6.54 Å². The molecule has 0 amide bonds. The molecule has 1 aromatic heterocycles. The second-order valence-corrected chi connectivity index (χ2v) is 8.69. The maximum Gasteiger partial charge on any atom is 0.227 e.